The molecule has 8 heteroatoms. The number of nitrogens with zero attached hydrogens (tertiary/aromatic N) is 1. The largest absolute Gasteiger partial charge is 0.494 e. The molecular weight excluding hydrogens is 395 g/mol. The summed E-state index contributed by atoms with van der Waals surface area (Å²) < 4.78 is 44.0. The van der Waals surface area contributed by atoms with Crippen LogP contribution >= 0.6 is 0 Å². The van der Waals surface area contributed by atoms with Gasteiger partial charge in [-0.25, -0.2) is 12.8 Å². The number of hydrogen-bond acceptors (Lipinski definition) is 4. The number of carbonyl (C=O) groups is 1. The lowest BCUT2D eigenvalue weighted by Gasteiger charge is -2.23. The third-order valence-corrected chi connectivity index (χ3v) is 5.54. The van der Waals surface area contributed by atoms with E-state index >= 15 is 0 Å². The summed E-state index contributed by atoms with van der Waals surface area (Å²) in [4.78, 5) is 12.2. The van der Waals surface area contributed by atoms with Gasteiger partial charge in [0.15, 0.2) is 0 Å². The quantitative estimate of drug-likeness (QED) is 0.634. The molecule has 6 nitrogen and oxygen atoms in total. The van der Waals surface area contributed by atoms with Gasteiger partial charge >= 0.3 is 0 Å². The normalized spacial score (nSPS) is 12.3. The van der Waals surface area contributed by atoms with Crippen molar-refractivity contribution in [1.82, 2.24) is 5.32 Å². The summed E-state index contributed by atoms with van der Waals surface area (Å²) in [6, 6.07) is 12.5. The summed E-state index contributed by atoms with van der Waals surface area (Å²) in [7, 11) is -3.49. The fourth-order valence-corrected chi connectivity index (χ4v) is 3.86. The lowest BCUT2D eigenvalue weighted by atomic mass is 10.1. The minimum Gasteiger partial charge on any atom is -0.494 e. The van der Waals surface area contributed by atoms with Crippen LogP contribution in [-0.2, 0) is 14.8 Å². The van der Waals surface area contributed by atoms with E-state index in [0.29, 0.717) is 24.5 Å². The van der Waals surface area contributed by atoms with Gasteiger partial charge in [0, 0.05) is 13.0 Å². The van der Waals surface area contributed by atoms with Crippen LogP contribution < -0.4 is 14.4 Å². The molecule has 0 fully saturated rings. The number of rotatable bonds is 10. The standard InChI is InChI=1S/C21H27FN2O4S/c1-4-28-20-13-11-19(12-14-20)24(29(3,26)27)15-5-6-21(25)23-16(2)17-7-9-18(22)10-8-17/h7-14,16H,4-6,15H2,1-3H3,(H,23,25)/t16-/m1/s1. The third kappa shape index (κ3) is 7.05. The molecule has 0 bridgehead atoms. The van der Waals surface area contributed by atoms with Crippen LogP contribution in [0.2, 0.25) is 0 Å². The molecule has 2 aromatic rings. The maximum atomic E-state index is 13.0. The SMILES string of the molecule is CCOc1ccc(N(CCCC(=O)N[C@H](C)c2ccc(F)cc2)S(C)(=O)=O)cc1. The number of benzene rings is 2. The third-order valence-electron chi connectivity index (χ3n) is 4.35. The Hall–Kier alpha value is -2.61. The second-order valence-corrected chi connectivity index (χ2v) is 8.61. The van der Waals surface area contributed by atoms with Crippen molar-refractivity contribution in [3.05, 3.63) is 59.9 Å². The molecule has 0 saturated heterocycles. The highest BCUT2D eigenvalue weighted by Crippen LogP contribution is 2.22. The Morgan fingerprint density at radius 2 is 1.76 bits per heavy atom. The minimum absolute atomic E-state index is 0.175. The van der Waals surface area contributed by atoms with Gasteiger partial charge in [-0.15, -0.1) is 0 Å². The topological polar surface area (TPSA) is 75.7 Å². The Labute approximate surface area is 171 Å². The molecule has 1 amide bonds. The van der Waals surface area contributed by atoms with Crippen LogP contribution in [0.1, 0.15) is 38.3 Å². The van der Waals surface area contributed by atoms with Gasteiger partial charge in [-0.05, 0) is 62.2 Å². The Balaban J connectivity index is 1.92. The van der Waals surface area contributed by atoms with Crippen molar-refractivity contribution in [1.29, 1.82) is 0 Å². The van der Waals surface area contributed by atoms with Gasteiger partial charge in [-0.1, -0.05) is 12.1 Å². The first kappa shape index (κ1) is 22.7. The number of amides is 1. The number of nitrogens with one attached hydrogen (secondary N) is 1. The molecule has 0 heterocycles. The maximum absolute atomic E-state index is 13.0. The van der Waals surface area contributed by atoms with Crippen molar-refractivity contribution in [2.45, 2.75) is 32.7 Å². The molecule has 158 valence electrons. The van der Waals surface area contributed by atoms with Crippen molar-refractivity contribution in [3.63, 3.8) is 0 Å². The zero-order valence-corrected chi connectivity index (χ0v) is 17.7. The van der Waals surface area contributed by atoms with E-state index in [1.165, 1.54) is 16.4 Å². The minimum atomic E-state index is -3.49. The predicted octanol–water partition coefficient (Wildman–Crippen LogP) is 3.65. The summed E-state index contributed by atoms with van der Waals surface area (Å²) >= 11 is 0. The van der Waals surface area contributed by atoms with Crippen molar-refractivity contribution >= 4 is 21.6 Å². The van der Waals surface area contributed by atoms with E-state index in [9.17, 15) is 17.6 Å². The highest BCUT2D eigenvalue weighted by Gasteiger charge is 2.18. The molecule has 1 N–H and O–H groups in total. The molecule has 29 heavy (non-hydrogen) atoms. The van der Waals surface area contributed by atoms with E-state index in [1.54, 1.807) is 36.4 Å². The van der Waals surface area contributed by atoms with Crippen LogP contribution in [-0.4, -0.2) is 33.7 Å². The summed E-state index contributed by atoms with van der Waals surface area (Å²) in [5.74, 6) is 0.142. The Morgan fingerprint density at radius 1 is 1.14 bits per heavy atom. The van der Waals surface area contributed by atoms with Crippen LogP contribution in [0.15, 0.2) is 48.5 Å². The lowest BCUT2D eigenvalue weighted by molar-refractivity contribution is -0.121. The highest BCUT2D eigenvalue weighted by molar-refractivity contribution is 7.92. The monoisotopic (exact) mass is 422 g/mol. The van der Waals surface area contributed by atoms with Crippen molar-refractivity contribution < 1.29 is 22.3 Å². The zero-order chi connectivity index (χ0) is 21.4. The van der Waals surface area contributed by atoms with Crippen LogP contribution in [0.5, 0.6) is 5.75 Å². The fraction of sp³-hybridized carbons (Fsp3) is 0.381. The zero-order valence-electron chi connectivity index (χ0n) is 16.9. The van der Waals surface area contributed by atoms with Gasteiger partial charge in [0.1, 0.15) is 11.6 Å². The second kappa shape index (κ2) is 10.2. The summed E-state index contributed by atoms with van der Waals surface area (Å²) in [6.07, 6.45) is 1.68. The molecule has 0 unspecified atom stereocenters. The molecule has 0 aliphatic carbocycles. The Morgan fingerprint density at radius 3 is 2.31 bits per heavy atom. The molecule has 0 aliphatic heterocycles. The van der Waals surface area contributed by atoms with Crippen LogP contribution in [0.25, 0.3) is 0 Å². The van der Waals surface area contributed by atoms with Crippen LogP contribution in [0.4, 0.5) is 10.1 Å². The molecule has 0 aliphatic rings. The Kier molecular flexibility index (Phi) is 8.01. The Bertz CT molecular complexity index is 899. The molecule has 1 atom stereocenters. The average molecular weight is 423 g/mol. The fourth-order valence-electron chi connectivity index (χ4n) is 2.89. The van der Waals surface area contributed by atoms with Gasteiger partial charge in [0.05, 0.1) is 24.6 Å². The van der Waals surface area contributed by atoms with E-state index in [0.717, 1.165) is 11.8 Å². The molecule has 2 rings (SSSR count). The van der Waals surface area contributed by atoms with E-state index in [-0.39, 0.29) is 30.7 Å². The number of carbonyl (C=O) groups excluding carboxylic acids is 1. The number of sulfonamides is 1. The average Bonchev–Trinajstić information content (AvgIpc) is 2.66. The second-order valence-electron chi connectivity index (χ2n) is 6.71. The highest BCUT2D eigenvalue weighted by atomic mass is 32.2. The van der Waals surface area contributed by atoms with Gasteiger partial charge in [0.2, 0.25) is 15.9 Å². The van der Waals surface area contributed by atoms with Crippen LogP contribution in [0, 0.1) is 5.82 Å². The first-order chi connectivity index (χ1) is 13.7. The molecule has 0 saturated carbocycles. The van der Waals surface area contributed by atoms with E-state index in [2.05, 4.69) is 5.32 Å². The van der Waals surface area contributed by atoms with E-state index in [4.69, 9.17) is 4.74 Å². The number of hydrogen-bond donors (Lipinski definition) is 1. The molecule has 2 aromatic carbocycles. The number of ether oxygens (including phenoxy) is 1. The van der Waals surface area contributed by atoms with Gasteiger partial charge in [0.25, 0.3) is 0 Å². The van der Waals surface area contributed by atoms with Crippen molar-refractivity contribution in [2.24, 2.45) is 0 Å². The van der Waals surface area contributed by atoms with Crippen molar-refractivity contribution in [2.75, 3.05) is 23.7 Å². The van der Waals surface area contributed by atoms with Gasteiger partial charge < -0.3 is 10.1 Å². The van der Waals surface area contributed by atoms with Gasteiger partial charge in [-0.2, -0.15) is 0 Å². The van der Waals surface area contributed by atoms with E-state index in [1.807, 2.05) is 13.8 Å². The molecule has 0 radical (unpaired) electrons. The molecule has 0 spiro atoms. The number of anilines is 1. The van der Waals surface area contributed by atoms with E-state index < -0.39 is 10.0 Å². The first-order valence-electron chi connectivity index (χ1n) is 9.46. The first-order valence-corrected chi connectivity index (χ1v) is 11.3. The summed E-state index contributed by atoms with van der Waals surface area (Å²) in [6.45, 7) is 4.40. The summed E-state index contributed by atoms with van der Waals surface area (Å²) in [5.41, 5.74) is 1.32. The predicted molar refractivity (Wildman–Crippen MR) is 112 cm³/mol. The lowest BCUT2D eigenvalue weighted by Crippen LogP contribution is -2.32. The molecule has 0 aromatic heterocycles. The maximum Gasteiger partial charge on any atom is 0.232 e. The van der Waals surface area contributed by atoms with Crippen LogP contribution in [0.3, 0.4) is 0 Å². The van der Waals surface area contributed by atoms with Crippen molar-refractivity contribution in [3.8, 4) is 5.75 Å². The molecular formula is C21H27FN2O4S. The number of halogens is 1. The van der Waals surface area contributed by atoms with Gasteiger partial charge in [-0.3, -0.25) is 9.10 Å². The summed E-state index contributed by atoms with van der Waals surface area (Å²) in [5, 5.41) is 2.84. The smallest absolute Gasteiger partial charge is 0.232 e.